The fraction of sp³-hybridized carbons (Fsp3) is 0.600. The molecular formula is C10H15N3O2S. The molecular weight excluding hydrogens is 226 g/mol. The number of carbonyl (C=O) groups is 1. The number of likely N-dealkylation sites (tertiary alicyclic amines) is 1. The summed E-state index contributed by atoms with van der Waals surface area (Å²) in [4.78, 5) is 27.3. The van der Waals surface area contributed by atoms with Crippen LogP contribution in [-0.2, 0) is 11.3 Å². The lowest BCUT2D eigenvalue weighted by Gasteiger charge is -2.15. The minimum atomic E-state index is -0.0649. The first kappa shape index (κ1) is 11.3. The van der Waals surface area contributed by atoms with Gasteiger partial charge in [-0.1, -0.05) is 18.3 Å². The van der Waals surface area contributed by atoms with E-state index in [0.29, 0.717) is 6.54 Å². The van der Waals surface area contributed by atoms with E-state index in [-0.39, 0.29) is 16.8 Å². The van der Waals surface area contributed by atoms with Gasteiger partial charge in [0.2, 0.25) is 5.91 Å². The lowest BCUT2D eigenvalue weighted by Crippen LogP contribution is -2.37. The average molecular weight is 241 g/mol. The smallest absolute Gasteiger partial charge is 0.304 e. The van der Waals surface area contributed by atoms with Crippen molar-refractivity contribution in [3.8, 4) is 0 Å². The van der Waals surface area contributed by atoms with E-state index in [0.717, 1.165) is 36.5 Å². The Balaban J connectivity index is 1.97. The fourth-order valence-electron chi connectivity index (χ4n) is 1.93. The summed E-state index contributed by atoms with van der Waals surface area (Å²) in [6.07, 6.45) is 0.848. The summed E-state index contributed by atoms with van der Waals surface area (Å²) in [5, 5.41) is 4.93. The van der Waals surface area contributed by atoms with Crippen molar-refractivity contribution in [1.82, 2.24) is 15.2 Å². The molecule has 5 nitrogen and oxygen atoms in total. The molecule has 88 valence electrons. The number of rotatable bonds is 4. The SMILES string of the molecule is CCNC1CCN(Cc2csc(=O)[nH]2)C1=O. The zero-order valence-electron chi connectivity index (χ0n) is 9.16. The molecule has 1 amide bonds. The summed E-state index contributed by atoms with van der Waals surface area (Å²) in [7, 11) is 0. The highest BCUT2D eigenvalue weighted by Crippen LogP contribution is 2.14. The molecule has 2 N–H and O–H groups in total. The van der Waals surface area contributed by atoms with Crippen LogP contribution >= 0.6 is 11.3 Å². The molecule has 1 atom stereocenters. The molecule has 2 heterocycles. The number of hydrogen-bond acceptors (Lipinski definition) is 4. The van der Waals surface area contributed by atoms with Crippen LogP contribution in [0.2, 0.25) is 0 Å². The Kier molecular flexibility index (Phi) is 3.40. The minimum absolute atomic E-state index is 0.0460. The Bertz CT molecular complexity index is 426. The van der Waals surface area contributed by atoms with Crippen molar-refractivity contribution in [1.29, 1.82) is 0 Å². The third-order valence-corrected chi connectivity index (χ3v) is 3.40. The second-order valence-electron chi connectivity index (χ2n) is 3.83. The molecule has 0 bridgehead atoms. The molecule has 0 spiro atoms. The summed E-state index contributed by atoms with van der Waals surface area (Å²) in [5.74, 6) is 0.133. The van der Waals surface area contributed by atoms with Crippen LogP contribution in [0.1, 0.15) is 19.0 Å². The molecule has 1 aromatic rings. The Labute approximate surface area is 97.5 Å². The Morgan fingerprint density at radius 3 is 3.06 bits per heavy atom. The minimum Gasteiger partial charge on any atom is -0.335 e. The van der Waals surface area contributed by atoms with Crippen LogP contribution in [-0.4, -0.2) is 34.9 Å². The van der Waals surface area contributed by atoms with Crippen LogP contribution in [0.5, 0.6) is 0 Å². The number of aromatic nitrogens is 1. The number of hydrogen-bond donors (Lipinski definition) is 2. The molecule has 16 heavy (non-hydrogen) atoms. The Hall–Kier alpha value is -1.14. The van der Waals surface area contributed by atoms with Gasteiger partial charge in [0.15, 0.2) is 0 Å². The monoisotopic (exact) mass is 241 g/mol. The third-order valence-electron chi connectivity index (χ3n) is 2.68. The van der Waals surface area contributed by atoms with Crippen molar-refractivity contribution in [2.24, 2.45) is 0 Å². The number of amides is 1. The van der Waals surface area contributed by atoms with Crippen molar-refractivity contribution in [2.45, 2.75) is 25.9 Å². The summed E-state index contributed by atoms with van der Waals surface area (Å²) in [6.45, 7) is 4.07. The zero-order chi connectivity index (χ0) is 11.5. The molecule has 0 aromatic carbocycles. The van der Waals surface area contributed by atoms with E-state index < -0.39 is 0 Å². The number of aromatic amines is 1. The number of H-pyrrole nitrogens is 1. The second kappa shape index (κ2) is 4.80. The quantitative estimate of drug-likeness (QED) is 0.788. The van der Waals surface area contributed by atoms with E-state index >= 15 is 0 Å². The maximum Gasteiger partial charge on any atom is 0.304 e. The lowest BCUT2D eigenvalue weighted by molar-refractivity contribution is -0.129. The summed E-state index contributed by atoms with van der Waals surface area (Å²) in [6, 6.07) is -0.0460. The van der Waals surface area contributed by atoms with Crippen LogP contribution < -0.4 is 10.2 Å². The topological polar surface area (TPSA) is 65.2 Å². The van der Waals surface area contributed by atoms with Gasteiger partial charge in [-0.3, -0.25) is 9.59 Å². The molecule has 1 saturated heterocycles. The summed E-state index contributed by atoms with van der Waals surface area (Å²) < 4.78 is 0. The number of carbonyl (C=O) groups excluding carboxylic acids is 1. The van der Waals surface area contributed by atoms with Gasteiger partial charge in [0.05, 0.1) is 12.6 Å². The van der Waals surface area contributed by atoms with Crippen LogP contribution in [0.15, 0.2) is 10.2 Å². The highest BCUT2D eigenvalue weighted by atomic mass is 32.1. The normalized spacial score (nSPS) is 20.7. The van der Waals surface area contributed by atoms with Crippen LogP contribution in [0.4, 0.5) is 0 Å². The fourth-order valence-corrected chi connectivity index (χ4v) is 2.50. The highest BCUT2D eigenvalue weighted by molar-refractivity contribution is 7.07. The van der Waals surface area contributed by atoms with Crippen molar-refractivity contribution >= 4 is 17.2 Å². The predicted molar refractivity (Wildman–Crippen MR) is 62.4 cm³/mol. The molecule has 1 unspecified atom stereocenters. The number of nitrogens with one attached hydrogen (secondary N) is 2. The first-order valence-electron chi connectivity index (χ1n) is 5.39. The standard InChI is InChI=1S/C10H15N3O2S/c1-2-11-8-3-4-13(9(8)14)5-7-6-16-10(15)12-7/h6,8,11H,2-5H2,1H3,(H,12,15). The second-order valence-corrected chi connectivity index (χ2v) is 4.67. The first-order chi connectivity index (χ1) is 7.70. The molecule has 1 aromatic heterocycles. The average Bonchev–Trinajstić information content (AvgIpc) is 2.80. The van der Waals surface area contributed by atoms with Gasteiger partial charge >= 0.3 is 4.87 Å². The van der Waals surface area contributed by atoms with E-state index in [9.17, 15) is 9.59 Å². The molecule has 0 saturated carbocycles. The van der Waals surface area contributed by atoms with Crippen LogP contribution in [0, 0.1) is 0 Å². The van der Waals surface area contributed by atoms with Crippen molar-refractivity contribution in [3.63, 3.8) is 0 Å². The van der Waals surface area contributed by atoms with Gasteiger partial charge < -0.3 is 15.2 Å². The van der Waals surface area contributed by atoms with Gasteiger partial charge in [0.1, 0.15) is 0 Å². The van der Waals surface area contributed by atoms with Gasteiger partial charge in [-0.05, 0) is 13.0 Å². The van der Waals surface area contributed by atoms with Crippen LogP contribution in [0.3, 0.4) is 0 Å². The van der Waals surface area contributed by atoms with Crippen LogP contribution in [0.25, 0.3) is 0 Å². The van der Waals surface area contributed by atoms with E-state index in [2.05, 4.69) is 10.3 Å². The van der Waals surface area contributed by atoms with E-state index in [4.69, 9.17) is 0 Å². The first-order valence-corrected chi connectivity index (χ1v) is 6.27. The maximum absolute atomic E-state index is 11.9. The van der Waals surface area contributed by atoms with E-state index in [1.807, 2.05) is 6.92 Å². The summed E-state index contributed by atoms with van der Waals surface area (Å²) >= 11 is 1.14. The van der Waals surface area contributed by atoms with Crippen molar-refractivity contribution in [2.75, 3.05) is 13.1 Å². The van der Waals surface area contributed by atoms with Crippen molar-refractivity contribution < 1.29 is 4.79 Å². The maximum atomic E-state index is 11.9. The molecule has 0 radical (unpaired) electrons. The van der Waals surface area contributed by atoms with Gasteiger partial charge in [-0.15, -0.1) is 0 Å². The zero-order valence-corrected chi connectivity index (χ0v) is 9.97. The number of nitrogens with zero attached hydrogens (tertiary/aromatic N) is 1. The van der Waals surface area contributed by atoms with Gasteiger partial charge in [-0.2, -0.15) is 0 Å². The number of thiazole rings is 1. The molecule has 1 aliphatic heterocycles. The largest absolute Gasteiger partial charge is 0.335 e. The van der Waals surface area contributed by atoms with Crippen molar-refractivity contribution in [3.05, 3.63) is 20.7 Å². The Morgan fingerprint density at radius 2 is 2.44 bits per heavy atom. The van der Waals surface area contributed by atoms with Gasteiger partial charge in [-0.25, -0.2) is 0 Å². The van der Waals surface area contributed by atoms with Gasteiger partial charge in [0, 0.05) is 17.6 Å². The molecule has 0 aliphatic carbocycles. The number of likely N-dealkylation sites (N-methyl/N-ethyl adjacent to an activating group) is 1. The lowest BCUT2D eigenvalue weighted by atomic mass is 10.2. The molecule has 6 heteroatoms. The van der Waals surface area contributed by atoms with E-state index in [1.54, 1.807) is 10.3 Å². The third kappa shape index (κ3) is 2.33. The highest BCUT2D eigenvalue weighted by Gasteiger charge is 2.30. The van der Waals surface area contributed by atoms with E-state index in [1.165, 1.54) is 0 Å². The predicted octanol–water partition coefficient (Wildman–Crippen LogP) is 0.147. The Morgan fingerprint density at radius 1 is 1.62 bits per heavy atom. The molecule has 1 aliphatic rings. The van der Waals surface area contributed by atoms with Gasteiger partial charge in [0.25, 0.3) is 0 Å². The summed E-state index contributed by atoms with van der Waals surface area (Å²) in [5.41, 5.74) is 0.820. The molecule has 1 fully saturated rings. The molecule has 2 rings (SSSR count).